The second-order valence-corrected chi connectivity index (χ2v) is 4.18. The summed E-state index contributed by atoms with van der Waals surface area (Å²) in [5.41, 5.74) is 0. The number of piperazine rings is 1. The van der Waals surface area contributed by atoms with Gasteiger partial charge in [-0.25, -0.2) is 0 Å². The first-order chi connectivity index (χ1) is 8.13. The fourth-order valence-corrected chi connectivity index (χ4v) is 1.89. The van der Waals surface area contributed by atoms with Gasteiger partial charge in [0.15, 0.2) is 5.82 Å². The molecule has 0 unspecified atom stereocenters. The fraction of sp³-hybridized carbons (Fsp3) is 0.700. The highest BCUT2D eigenvalue weighted by Gasteiger charge is 2.20. The van der Waals surface area contributed by atoms with Crippen LogP contribution in [0.2, 0.25) is 0 Å². The summed E-state index contributed by atoms with van der Waals surface area (Å²) in [5, 5.41) is 12.4. The smallest absolute Gasteiger partial charge is 0.317 e. The normalized spacial score (nSPS) is 18.4. The van der Waals surface area contributed by atoms with Crippen LogP contribution >= 0.6 is 0 Å². The molecule has 0 saturated carbocycles. The van der Waals surface area contributed by atoms with Gasteiger partial charge >= 0.3 is 5.97 Å². The predicted octanol–water partition coefficient (Wildman–Crippen LogP) is -0.420. The van der Waals surface area contributed by atoms with Gasteiger partial charge in [-0.05, 0) is 6.92 Å². The van der Waals surface area contributed by atoms with Gasteiger partial charge in [-0.3, -0.25) is 14.6 Å². The van der Waals surface area contributed by atoms with Gasteiger partial charge in [-0.1, -0.05) is 5.16 Å². The standard InChI is InChI=1S/C10H16N4O3/c1-8-11-9(17-12-8)6-13-2-4-14(5-3-13)7-10(15)16/h2-7H2,1H3,(H,15,16). The molecule has 17 heavy (non-hydrogen) atoms. The number of aliphatic carboxylic acids is 1. The number of carboxylic acid groups (broad SMARTS) is 1. The molecule has 0 bridgehead atoms. The maximum absolute atomic E-state index is 10.6. The average molecular weight is 240 g/mol. The third-order valence-electron chi connectivity index (χ3n) is 2.75. The second-order valence-electron chi connectivity index (χ2n) is 4.18. The molecule has 1 aliphatic rings. The van der Waals surface area contributed by atoms with Crippen LogP contribution in [0.4, 0.5) is 0 Å². The van der Waals surface area contributed by atoms with E-state index in [4.69, 9.17) is 9.63 Å². The number of aryl methyl sites for hydroxylation is 1. The lowest BCUT2D eigenvalue weighted by atomic mass is 10.3. The monoisotopic (exact) mass is 240 g/mol. The largest absolute Gasteiger partial charge is 0.480 e. The van der Waals surface area contributed by atoms with Gasteiger partial charge < -0.3 is 9.63 Å². The van der Waals surface area contributed by atoms with Crippen LogP contribution in [-0.4, -0.2) is 63.7 Å². The molecule has 0 aromatic carbocycles. The molecule has 0 atom stereocenters. The molecule has 0 spiro atoms. The van der Waals surface area contributed by atoms with Crippen LogP contribution in [-0.2, 0) is 11.3 Å². The van der Waals surface area contributed by atoms with Crippen molar-refractivity contribution >= 4 is 5.97 Å². The molecule has 94 valence electrons. The Morgan fingerprint density at radius 2 is 2.00 bits per heavy atom. The van der Waals surface area contributed by atoms with E-state index in [1.165, 1.54) is 0 Å². The Kier molecular flexibility index (Phi) is 3.70. The third kappa shape index (κ3) is 3.50. The van der Waals surface area contributed by atoms with Crippen molar-refractivity contribution in [3.8, 4) is 0 Å². The van der Waals surface area contributed by atoms with E-state index in [1.54, 1.807) is 6.92 Å². The number of carboxylic acids is 1. The summed E-state index contributed by atoms with van der Waals surface area (Å²) in [7, 11) is 0. The molecule has 7 nitrogen and oxygen atoms in total. The highest BCUT2D eigenvalue weighted by molar-refractivity contribution is 5.69. The van der Waals surface area contributed by atoms with Crippen LogP contribution in [0.1, 0.15) is 11.7 Å². The summed E-state index contributed by atoms with van der Waals surface area (Å²) >= 11 is 0. The van der Waals surface area contributed by atoms with E-state index in [9.17, 15) is 4.79 Å². The highest BCUT2D eigenvalue weighted by Crippen LogP contribution is 2.06. The Morgan fingerprint density at radius 1 is 1.35 bits per heavy atom. The molecule has 7 heteroatoms. The van der Waals surface area contributed by atoms with Crippen molar-refractivity contribution in [2.24, 2.45) is 0 Å². The summed E-state index contributed by atoms with van der Waals surface area (Å²) in [5.74, 6) is 0.490. The molecule has 0 aliphatic carbocycles. The van der Waals surface area contributed by atoms with E-state index in [2.05, 4.69) is 15.0 Å². The van der Waals surface area contributed by atoms with E-state index < -0.39 is 5.97 Å². The van der Waals surface area contributed by atoms with Crippen LogP contribution in [0, 0.1) is 6.92 Å². The minimum absolute atomic E-state index is 0.119. The Balaban J connectivity index is 1.77. The average Bonchev–Trinajstić information content (AvgIpc) is 2.66. The zero-order valence-corrected chi connectivity index (χ0v) is 9.80. The van der Waals surface area contributed by atoms with Crippen molar-refractivity contribution in [2.45, 2.75) is 13.5 Å². The van der Waals surface area contributed by atoms with E-state index >= 15 is 0 Å². The molecule has 1 saturated heterocycles. The minimum atomic E-state index is -0.772. The van der Waals surface area contributed by atoms with Crippen LogP contribution in [0.15, 0.2) is 4.52 Å². The Bertz CT molecular complexity index is 385. The van der Waals surface area contributed by atoms with Crippen LogP contribution in [0.5, 0.6) is 0 Å². The summed E-state index contributed by atoms with van der Waals surface area (Å²) in [6.45, 7) is 5.73. The Labute approximate surface area is 99.0 Å². The van der Waals surface area contributed by atoms with Crippen molar-refractivity contribution in [2.75, 3.05) is 32.7 Å². The quantitative estimate of drug-likeness (QED) is 0.765. The Morgan fingerprint density at radius 3 is 2.53 bits per heavy atom. The first-order valence-corrected chi connectivity index (χ1v) is 5.59. The fourth-order valence-electron chi connectivity index (χ4n) is 1.89. The maximum Gasteiger partial charge on any atom is 0.317 e. The molecule has 1 fully saturated rings. The van der Waals surface area contributed by atoms with Crippen molar-refractivity contribution < 1.29 is 14.4 Å². The maximum atomic E-state index is 10.6. The molecule has 0 radical (unpaired) electrons. The van der Waals surface area contributed by atoms with Crippen molar-refractivity contribution in [1.82, 2.24) is 19.9 Å². The lowest BCUT2D eigenvalue weighted by Crippen LogP contribution is -2.47. The number of carbonyl (C=O) groups is 1. The van der Waals surface area contributed by atoms with Crippen LogP contribution in [0.25, 0.3) is 0 Å². The molecular weight excluding hydrogens is 224 g/mol. The minimum Gasteiger partial charge on any atom is -0.480 e. The number of aromatic nitrogens is 2. The van der Waals surface area contributed by atoms with Gasteiger partial charge in [-0.2, -0.15) is 4.98 Å². The highest BCUT2D eigenvalue weighted by atomic mass is 16.5. The number of hydrogen-bond acceptors (Lipinski definition) is 6. The first kappa shape index (κ1) is 12.0. The molecule has 1 aliphatic heterocycles. The summed E-state index contributed by atoms with van der Waals surface area (Å²) in [6, 6.07) is 0. The number of nitrogens with zero attached hydrogens (tertiary/aromatic N) is 4. The zero-order chi connectivity index (χ0) is 12.3. The van der Waals surface area contributed by atoms with Gasteiger partial charge in [0.25, 0.3) is 0 Å². The van der Waals surface area contributed by atoms with Crippen molar-refractivity contribution in [3.63, 3.8) is 0 Å². The van der Waals surface area contributed by atoms with Gasteiger partial charge in [0.1, 0.15) is 0 Å². The summed E-state index contributed by atoms with van der Waals surface area (Å²) in [4.78, 5) is 18.8. The number of hydrogen-bond donors (Lipinski definition) is 1. The summed E-state index contributed by atoms with van der Waals surface area (Å²) < 4.78 is 5.05. The third-order valence-corrected chi connectivity index (χ3v) is 2.75. The van der Waals surface area contributed by atoms with Gasteiger partial charge in [-0.15, -0.1) is 0 Å². The van der Waals surface area contributed by atoms with Crippen molar-refractivity contribution in [1.29, 1.82) is 0 Å². The van der Waals surface area contributed by atoms with Gasteiger partial charge in [0.05, 0.1) is 13.1 Å². The van der Waals surface area contributed by atoms with E-state index in [0.717, 1.165) is 26.2 Å². The van der Waals surface area contributed by atoms with Gasteiger partial charge in [0.2, 0.25) is 5.89 Å². The Hall–Kier alpha value is -1.47. The molecule has 0 amide bonds. The second kappa shape index (κ2) is 5.24. The molecule has 2 rings (SSSR count). The predicted molar refractivity (Wildman–Crippen MR) is 58.4 cm³/mol. The summed E-state index contributed by atoms with van der Waals surface area (Å²) in [6.07, 6.45) is 0. The lowest BCUT2D eigenvalue weighted by Gasteiger charge is -2.32. The first-order valence-electron chi connectivity index (χ1n) is 5.59. The van der Waals surface area contributed by atoms with E-state index in [0.29, 0.717) is 18.3 Å². The number of rotatable bonds is 4. The van der Waals surface area contributed by atoms with Crippen LogP contribution in [0.3, 0.4) is 0 Å². The molecular formula is C10H16N4O3. The van der Waals surface area contributed by atoms with E-state index in [1.807, 2.05) is 4.90 Å². The van der Waals surface area contributed by atoms with Crippen LogP contribution < -0.4 is 0 Å². The lowest BCUT2D eigenvalue weighted by molar-refractivity contribution is -0.138. The van der Waals surface area contributed by atoms with Gasteiger partial charge in [0, 0.05) is 26.2 Å². The van der Waals surface area contributed by atoms with Crippen molar-refractivity contribution in [3.05, 3.63) is 11.7 Å². The topological polar surface area (TPSA) is 82.7 Å². The molecule has 2 heterocycles. The molecule has 1 aromatic heterocycles. The molecule has 1 aromatic rings. The SMILES string of the molecule is Cc1noc(CN2CCN(CC(=O)O)CC2)n1. The van der Waals surface area contributed by atoms with E-state index in [-0.39, 0.29) is 6.54 Å². The molecule has 1 N–H and O–H groups in total. The zero-order valence-electron chi connectivity index (χ0n) is 9.80.